The molecule has 3 nitrogen and oxygen atoms in total. The summed E-state index contributed by atoms with van der Waals surface area (Å²) in [6, 6.07) is 12.4. The van der Waals surface area contributed by atoms with Crippen molar-refractivity contribution in [1.29, 1.82) is 0 Å². The van der Waals surface area contributed by atoms with Gasteiger partial charge in [0.1, 0.15) is 0 Å². The number of fused-ring (bicyclic) bond motifs is 1. The first-order valence-electron chi connectivity index (χ1n) is 7.79. The first-order valence-corrected chi connectivity index (χ1v) is 7.79. The minimum Gasteiger partial charge on any atom is -0.367 e. The number of rotatable bonds is 3. The number of anilines is 1. The zero-order chi connectivity index (χ0) is 15.7. The quantitative estimate of drug-likeness (QED) is 0.943. The first kappa shape index (κ1) is 14.6. The number of hydrogen-bond donors (Lipinski definition) is 1. The van der Waals surface area contributed by atoms with Crippen LogP contribution in [0.25, 0.3) is 0 Å². The van der Waals surface area contributed by atoms with Gasteiger partial charge in [-0.05, 0) is 55.5 Å². The Labute approximate surface area is 131 Å². The van der Waals surface area contributed by atoms with Crippen molar-refractivity contribution in [2.75, 3.05) is 11.4 Å². The van der Waals surface area contributed by atoms with E-state index >= 15 is 0 Å². The lowest BCUT2D eigenvalue weighted by Gasteiger charge is -2.32. The molecule has 2 aromatic rings. The molecule has 0 saturated heterocycles. The van der Waals surface area contributed by atoms with Gasteiger partial charge < -0.3 is 10.6 Å². The van der Waals surface area contributed by atoms with Crippen molar-refractivity contribution in [1.82, 2.24) is 0 Å². The highest BCUT2D eigenvalue weighted by Crippen LogP contribution is 2.31. The van der Waals surface area contributed by atoms with Gasteiger partial charge >= 0.3 is 0 Å². The molecule has 0 saturated carbocycles. The van der Waals surface area contributed by atoms with Gasteiger partial charge in [0, 0.05) is 24.3 Å². The largest absolute Gasteiger partial charge is 0.367 e. The zero-order valence-electron chi connectivity index (χ0n) is 13.2. The highest BCUT2D eigenvalue weighted by atomic mass is 16.1. The number of carbonyl (C=O) groups excluding carboxylic acids is 1. The molecule has 22 heavy (non-hydrogen) atoms. The molecule has 0 aromatic heterocycles. The van der Waals surface area contributed by atoms with Crippen LogP contribution in [0.4, 0.5) is 5.69 Å². The molecular formula is C19H22N2O. The fourth-order valence-corrected chi connectivity index (χ4v) is 3.27. The summed E-state index contributed by atoms with van der Waals surface area (Å²) in [6.07, 6.45) is 1.99. The van der Waals surface area contributed by atoms with Crippen molar-refractivity contribution in [3.8, 4) is 0 Å². The summed E-state index contributed by atoms with van der Waals surface area (Å²) < 4.78 is 0. The lowest BCUT2D eigenvalue weighted by Crippen LogP contribution is -2.30. The molecule has 0 fully saturated rings. The average Bonchev–Trinajstić information content (AvgIpc) is 2.50. The molecule has 2 aromatic carbocycles. The Bertz CT molecular complexity index is 721. The average molecular weight is 294 g/mol. The number of benzene rings is 2. The van der Waals surface area contributed by atoms with E-state index in [4.69, 9.17) is 5.73 Å². The second-order valence-corrected chi connectivity index (χ2v) is 6.12. The van der Waals surface area contributed by atoms with E-state index in [0.717, 1.165) is 37.2 Å². The predicted molar refractivity (Wildman–Crippen MR) is 90.2 cm³/mol. The van der Waals surface area contributed by atoms with Crippen LogP contribution in [0.15, 0.2) is 36.4 Å². The van der Waals surface area contributed by atoms with E-state index in [-0.39, 0.29) is 5.91 Å². The van der Waals surface area contributed by atoms with E-state index in [2.05, 4.69) is 43.0 Å². The summed E-state index contributed by atoms with van der Waals surface area (Å²) >= 11 is 0. The molecular weight excluding hydrogens is 272 g/mol. The van der Waals surface area contributed by atoms with Crippen LogP contribution in [0, 0.1) is 13.8 Å². The van der Waals surface area contributed by atoms with Gasteiger partial charge in [-0.25, -0.2) is 0 Å². The summed E-state index contributed by atoms with van der Waals surface area (Å²) in [5.74, 6) is -0.328. The van der Waals surface area contributed by atoms with E-state index in [1.807, 2.05) is 12.1 Å². The molecule has 2 N–H and O–H groups in total. The van der Waals surface area contributed by atoms with Crippen LogP contribution >= 0.6 is 0 Å². The number of primary amides is 1. The van der Waals surface area contributed by atoms with Gasteiger partial charge in [0.05, 0.1) is 0 Å². The lowest BCUT2D eigenvalue weighted by molar-refractivity contribution is 0.0999. The molecule has 0 bridgehead atoms. The summed E-state index contributed by atoms with van der Waals surface area (Å²) in [6.45, 7) is 6.17. The topological polar surface area (TPSA) is 46.3 Å². The van der Waals surface area contributed by atoms with Gasteiger partial charge in [-0.1, -0.05) is 29.8 Å². The number of nitrogens with zero attached hydrogens (tertiary/aromatic N) is 1. The second-order valence-electron chi connectivity index (χ2n) is 6.12. The van der Waals surface area contributed by atoms with Gasteiger partial charge in [0.15, 0.2) is 0 Å². The Hall–Kier alpha value is -2.29. The number of nitrogens with two attached hydrogens (primary N) is 1. The monoisotopic (exact) mass is 294 g/mol. The standard InChI is InChI=1S/C19H22N2O/c1-13-8-9-14(2)15(11-13)12-21-10-4-6-16-17(19(20)22)5-3-7-18(16)21/h3,5,7-9,11H,4,6,10,12H2,1-2H3,(H2,20,22). The molecule has 1 aliphatic heterocycles. The summed E-state index contributed by atoms with van der Waals surface area (Å²) in [4.78, 5) is 14.0. The van der Waals surface area contributed by atoms with Crippen molar-refractivity contribution < 1.29 is 4.79 Å². The van der Waals surface area contributed by atoms with E-state index in [1.165, 1.54) is 16.7 Å². The Kier molecular flexibility index (Phi) is 3.88. The van der Waals surface area contributed by atoms with Gasteiger partial charge in [0.25, 0.3) is 0 Å². The Balaban J connectivity index is 1.97. The van der Waals surface area contributed by atoms with E-state index in [9.17, 15) is 4.79 Å². The van der Waals surface area contributed by atoms with E-state index < -0.39 is 0 Å². The van der Waals surface area contributed by atoms with Crippen molar-refractivity contribution in [3.63, 3.8) is 0 Å². The van der Waals surface area contributed by atoms with Crippen LogP contribution in [0.5, 0.6) is 0 Å². The van der Waals surface area contributed by atoms with Crippen LogP contribution < -0.4 is 10.6 Å². The smallest absolute Gasteiger partial charge is 0.249 e. The number of aryl methyl sites for hydroxylation is 2. The Morgan fingerprint density at radius 2 is 2.05 bits per heavy atom. The normalized spacial score (nSPS) is 13.8. The van der Waals surface area contributed by atoms with Gasteiger partial charge in [-0.3, -0.25) is 4.79 Å². The maximum Gasteiger partial charge on any atom is 0.249 e. The molecule has 0 unspecified atom stereocenters. The van der Waals surface area contributed by atoms with Crippen molar-refractivity contribution in [3.05, 3.63) is 64.2 Å². The number of hydrogen-bond acceptors (Lipinski definition) is 2. The maximum atomic E-state index is 11.6. The molecule has 3 heteroatoms. The van der Waals surface area contributed by atoms with Crippen LogP contribution in [0.1, 0.15) is 39.0 Å². The molecule has 0 radical (unpaired) electrons. The van der Waals surface area contributed by atoms with Crippen LogP contribution in [0.2, 0.25) is 0 Å². The predicted octanol–water partition coefficient (Wildman–Crippen LogP) is 3.36. The molecule has 1 amide bonds. The fraction of sp³-hybridized carbons (Fsp3) is 0.316. The third-order valence-electron chi connectivity index (χ3n) is 4.48. The zero-order valence-corrected chi connectivity index (χ0v) is 13.2. The minimum atomic E-state index is -0.328. The highest BCUT2D eigenvalue weighted by Gasteiger charge is 2.21. The third kappa shape index (κ3) is 2.71. The minimum absolute atomic E-state index is 0.328. The highest BCUT2D eigenvalue weighted by molar-refractivity contribution is 5.96. The molecule has 3 rings (SSSR count). The Morgan fingerprint density at radius 3 is 2.82 bits per heavy atom. The molecule has 114 valence electrons. The number of amides is 1. The van der Waals surface area contributed by atoms with Crippen LogP contribution in [-0.4, -0.2) is 12.5 Å². The first-order chi connectivity index (χ1) is 10.6. The third-order valence-corrected chi connectivity index (χ3v) is 4.48. The molecule has 0 atom stereocenters. The second kappa shape index (κ2) is 5.84. The molecule has 0 aliphatic carbocycles. The lowest BCUT2D eigenvalue weighted by atomic mass is 9.95. The van der Waals surface area contributed by atoms with Crippen LogP contribution in [0.3, 0.4) is 0 Å². The molecule has 1 heterocycles. The summed E-state index contributed by atoms with van der Waals surface area (Å²) in [5, 5.41) is 0. The van der Waals surface area contributed by atoms with Crippen LogP contribution in [-0.2, 0) is 13.0 Å². The van der Waals surface area contributed by atoms with Gasteiger partial charge in [-0.2, -0.15) is 0 Å². The van der Waals surface area contributed by atoms with Crippen molar-refractivity contribution in [2.45, 2.75) is 33.2 Å². The van der Waals surface area contributed by atoms with E-state index in [0.29, 0.717) is 5.56 Å². The molecule has 0 spiro atoms. The van der Waals surface area contributed by atoms with Gasteiger partial charge in [0.2, 0.25) is 5.91 Å². The number of carbonyl (C=O) groups is 1. The van der Waals surface area contributed by atoms with Crippen molar-refractivity contribution >= 4 is 11.6 Å². The fourth-order valence-electron chi connectivity index (χ4n) is 3.27. The van der Waals surface area contributed by atoms with Gasteiger partial charge in [-0.15, -0.1) is 0 Å². The Morgan fingerprint density at radius 1 is 1.23 bits per heavy atom. The van der Waals surface area contributed by atoms with Crippen molar-refractivity contribution in [2.24, 2.45) is 5.73 Å². The molecule has 1 aliphatic rings. The SMILES string of the molecule is Cc1ccc(C)c(CN2CCCc3c(C(N)=O)cccc32)c1. The van der Waals surface area contributed by atoms with E-state index in [1.54, 1.807) is 0 Å². The summed E-state index contributed by atoms with van der Waals surface area (Å²) in [7, 11) is 0. The maximum absolute atomic E-state index is 11.6. The summed E-state index contributed by atoms with van der Waals surface area (Å²) in [5.41, 5.74) is 12.4.